The monoisotopic (exact) mass is 430 g/mol. The van der Waals surface area contributed by atoms with Crippen LogP contribution in [0.25, 0.3) is 0 Å². The summed E-state index contributed by atoms with van der Waals surface area (Å²) < 4.78 is 18.1. The summed E-state index contributed by atoms with van der Waals surface area (Å²) in [6.45, 7) is 2.17. The van der Waals surface area contributed by atoms with Crippen LogP contribution in [0.3, 0.4) is 0 Å². The Kier molecular flexibility index (Phi) is 5.00. The highest BCUT2D eigenvalue weighted by Crippen LogP contribution is 2.45. The lowest BCUT2D eigenvalue weighted by atomic mass is 9.96. The molecule has 0 aromatic heterocycles. The first-order valence-electron chi connectivity index (χ1n) is 9.19. The first-order valence-corrected chi connectivity index (χ1v) is 9.98. The Morgan fingerprint density at radius 3 is 2.70 bits per heavy atom. The van der Waals surface area contributed by atoms with E-state index in [2.05, 4.69) is 33.9 Å². The van der Waals surface area contributed by atoms with Gasteiger partial charge < -0.3 is 14.2 Å². The van der Waals surface area contributed by atoms with Crippen molar-refractivity contribution in [1.82, 2.24) is 5.01 Å². The van der Waals surface area contributed by atoms with E-state index in [0.717, 1.165) is 46.5 Å². The van der Waals surface area contributed by atoms with Gasteiger partial charge in [-0.1, -0.05) is 29.3 Å². The van der Waals surface area contributed by atoms with E-state index < -0.39 is 0 Å². The number of methoxy groups -OCH3 is 2. The van der Waals surface area contributed by atoms with Crippen LogP contribution in [0, 0.1) is 0 Å². The van der Waals surface area contributed by atoms with Gasteiger partial charge in [0.05, 0.1) is 26.0 Å². The van der Waals surface area contributed by atoms with Gasteiger partial charge >= 0.3 is 0 Å². The summed E-state index contributed by atoms with van der Waals surface area (Å²) in [4.78, 5) is 0. The van der Waals surface area contributed by atoms with Crippen LogP contribution in [0.1, 0.15) is 43.4 Å². The number of fused-ring (bicyclic) bond motifs is 3. The zero-order valence-corrected chi connectivity index (χ0v) is 17.3. The van der Waals surface area contributed by atoms with Crippen LogP contribution >= 0.6 is 15.9 Å². The minimum atomic E-state index is -0.0358. The van der Waals surface area contributed by atoms with E-state index in [4.69, 9.17) is 19.3 Å². The van der Waals surface area contributed by atoms with Crippen LogP contribution in [0.4, 0.5) is 0 Å². The third kappa shape index (κ3) is 3.27. The molecule has 5 nitrogen and oxygen atoms in total. The predicted molar refractivity (Wildman–Crippen MR) is 109 cm³/mol. The quantitative estimate of drug-likeness (QED) is 0.658. The maximum Gasteiger partial charge on any atom is 0.187 e. The minimum Gasteiger partial charge on any atom is -0.493 e. The summed E-state index contributed by atoms with van der Waals surface area (Å²) in [6.07, 6.45) is 2.78. The van der Waals surface area contributed by atoms with Gasteiger partial charge in [0.15, 0.2) is 17.7 Å². The van der Waals surface area contributed by atoms with E-state index in [1.807, 2.05) is 30.3 Å². The lowest BCUT2D eigenvalue weighted by molar-refractivity contribution is -0.0223. The van der Waals surface area contributed by atoms with E-state index >= 15 is 0 Å². The molecule has 0 fully saturated rings. The van der Waals surface area contributed by atoms with Crippen LogP contribution in [0.5, 0.6) is 17.2 Å². The summed E-state index contributed by atoms with van der Waals surface area (Å²) in [6, 6.07) is 12.4. The Labute approximate surface area is 168 Å². The fourth-order valence-electron chi connectivity index (χ4n) is 3.76. The third-order valence-corrected chi connectivity index (χ3v) is 5.58. The molecule has 0 N–H and O–H groups in total. The van der Waals surface area contributed by atoms with Gasteiger partial charge in [-0.3, -0.25) is 5.01 Å². The number of rotatable bonds is 5. The van der Waals surface area contributed by atoms with Gasteiger partial charge in [-0.25, -0.2) is 0 Å². The summed E-state index contributed by atoms with van der Waals surface area (Å²) in [7, 11) is 3.30. The second-order valence-corrected chi connectivity index (χ2v) is 7.68. The van der Waals surface area contributed by atoms with Gasteiger partial charge in [0.25, 0.3) is 0 Å². The molecular formula is C21H23BrN2O3. The van der Waals surface area contributed by atoms with Crippen molar-refractivity contribution >= 4 is 21.6 Å². The highest BCUT2D eigenvalue weighted by Gasteiger charge is 2.40. The smallest absolute Gasteiger partial charge is 0.187 e. The predicted octanol–water partition coefficient (Wildman–Crippen LogP) is 5.14. The summed E-state index contributed by atoms with van der Waals surface area (Å²) in [5, 5.41) is 7.08. The normalized spacial score (nSPS) is 20.4. The molecule has 2 aromatic rings. The van der Waals surface area contributed by atoms with E-state index in [0.29, 0.717) is 5.75 Å². The summed E-state index contributed by atoms with van der Waals surface area (Å²) >= 11 is 3.59. The molecule has 0 saturated heterocycles. The van der Waals surface area contributed by atoms with Gasteiger partial charge in [-0.05, 0) is 36.4 Å². The third-order valence-electron chi connectivity index (χ3n) is 5.08. The number of halogens is 1. The molecular weight excluding hydrogens is 408 g/mol. The van der Waals surface area contributed by atoms with Crippen LogP contribution in [-0.4, -0.2) is 31.2 Å². The molecule has 6 heteroatoms. The Morgan fingerprint density at radius 1 is 1.15 bits per heavy atom. The van der Waals surface area contributed by atoms with Crippen LogP contribution < -0.4 is 14.2 Å². The Balaban J connectivity index is 1.71. The van der Waals surface area contributed by atoms with Crippen molar-refractivity contribution in [2.24, 2.45) is 5.10 Å². The number of hydrogen-bond donors (Lipinski definition) is 0. The largest absolute Gasteiger partial charge is 0.493 e. The second kappa shape index (κ2) is 7.43. The SMILES string of the molecule is CCC[C@@H]1Oc2ccc(Br)cc2[C@H]2CC(c3ccc(OC)c(OC)c3)=NN12. The molecule has 0 bridgehead atoms. The lowest BCUT2D eigenvalue weighted by Gasteiger charge is -2.38. The number of hydrazone groups is 1. The van der Waals surface area contributed by atoms with E-state index in [-0.39, 0.29) is 12.3 Å². The highest BCUT2D eigenvalue weighted by atomic mass is 79.9. The zero-order chi connectivity index (χ0) is 19.0. The van der Waals surface area contributed by atoms with Gasteiger partial charge in [-0.15, -0.1) is 0 Å². The van der Waals surface area contributed by atoms with E-state index in [9.17, 15) is 0 Å². The van der Waals surface area contributed by atoms with Crippen molar-refractivity contribution in [1.29, 1.82) is 0 Å². The molecule has 2 aromatic carbocycles. The maximum absolute atomic E-state index is 6.26. The zero-order valence-electron chi connectivity index (χ0n) is 15.7. The lowest BCUT2D eigenvalue weighted by Crippen LogP contribution is -2.40. The molecule has 0 spiro atoms. The maximum atomic E-state index is 6.26. The molecule has 142 valence electrons. The number of hydrogen-bond acceptors (Lipinski definition) is 5. The summed E-state index contributed by atoms with van der Waals surface area (Å²) in [5.74, 6) is 2.40. The highest BCUT2D eigenvalue weighted by molar-refractivity contribution is 9.10. The molecule has 0 aliphatic carbocycles. The molecule has 2 aliphatic rings. The number of benzene rings is 2. The van der Waals surface area contributed by atoms with Crippen LogP contribution in [-0.2, 0) is 0 Å². The molecule has 27 heavy (non-hydrogen) atoms. The van der Waals surface area contributed by atoms with Crippen molar-refractivity contribution < 1.29 is 14.2 Å². The van der Waals surface area contributed by atoms with Gasteiger partial charge in [0.1, 0.15) is 5.75 Å². The van der Waals surface area contributed by atoms with Crippen LogP contribution in [0.15, 0.2) is 46.0 Å². The van der Waals surface area contributed by atoms with Gasteiger partial charge in [0, 0.05) is 28.4 Å². The molecule has 2 heterocycles. The van der Waals surface area contributed by atoms with Gasteiger partial charge in [0.2, 0.25) is 0 Å². The molecule has 2 aliphatic heterocycles. The van der Waals surface area contributed by atoms with Crippen LogP contribution in [0.2, 0.25) is 0 Å². The topological polar surface area (TPSA) is 43.3 Å². The standard InChI is InChI=1S/C21H23BrN2O3/c1-4-5-21-24-17(15-11-14(22)7-9-18(15)27-21)12-16(23-24)13-6-8-19(25-2)20(10-13)26-3/h6-11,17,21H,4-5,12H2,1-3H3/t17-,21+/m1/s1. The van der Waals surface area contributed by atoms with Crippen molar-refractivity contribution in [3.8, 4) is 17.2 Å². The van der Waals surface area contributed by atoms with Crippen molar-refractivity contribution in [2.45, 2.75) is 38.5 Å². The van der Waals surface area contributed by atoms with Crippen molar-refractivity contribution in [3.05, 3.63) is 52.0 Å². The number of nitrogens with zero attached hydrogens (tertiary/aromatic N) is 2. The first-order chi connectivity index (χ1) is 13.1. The van der Waals surface area contributed by atoms with E-state index in [1.54, 1.807) is 14.2 Å². The van der Waals surface area contributed by atoms with Gasteiger partial charge in [-0.2, -0.15) is 5.10 Å². The van der Waals surface area contributed by atoms with Crippen molar-refractivity contribution in [2.75, 3.05) is 14.2 Å². The average Bonchev–Trinajstić information content (AvgIpc) is 3.14. The number of ether oxygens (including phenoxy) is 3. The molecule has 4 rings (SSSR count). The van der Waals surface area contributed by atoms with Crippen molar-refractivity contribution in [3.63, 3.8) is 0 Å². The average molecular weight is 431 g/mol. The second-order valence-electron chi connectivity index (χ2n) is 6.76. The molecule has 0 amide bonds. The fraction of sp³-hybridized carbons (Fsp3) is 0.381. The van der Waals surface area contributed by atoms with E-state index in [1.165, 1.54) is 5.56 Å². The Morgan fingerprint density at radius 2 is 1.96 bits per heavy atom. The first kappa shape index (κ1) is 18.2. The molecule has 2 atom stereocenters. The fourth-order valence-corrected chi connectivity index (χ4v) is 4.14. The Bertz CT molecular complexity index is 884. The molecule has 0 unspecified atom stereocenters. The Hall–Kier alpha value is -2.21. The molecule has 0 saturated carbocycles. The molecule has 0 radical (unpaired) electrons. The summed E-state index contributed by atoms with van der Waals surface area (Å²) in [5.41, 5.74) is 3.27. The minimum absolute atomic E-state index is 0.0358.